The third-order valence-corrected chi connectivity index (χ3v) is 5.31. The molecule has 4 rings (SSSR count). The Balaban J connectivity index is 1.23. The molecule has 1 atom stereocenters. The van der Waals surface area contributed by atoms with Gasteiger partial charge in [0.15, 0.2) is 0 Å². The van der Waals surface area contributed by atoms with Crippen LogP contribution in [0.25, 0.3) is 10.8 Å². The van der Waals surface area contributed by atoms with Crippen molar-refractivity contribution in [2.75, 3.05) is 39.3 Å². The molecule has 1 amide bonds. The van der Waals surface area contributed by atoms with Crippen molar-refractivity contribution in [1.29, 1.82) is 0 Å². The number of carbonyl (C=O) groups is 1. The minimum Gasteiger partial charge on any atom is -0.491 e. The first kappa shape index (κ1) is 19.4. The van der Waals surface area contributed by atoms with E-state index in [1.54, 1.807) is 0 Å². The fraction of sp³-hybridized carbons (Fsp3) is 0.292. The number of hydrogen-bond acceptors (Lipinski definition) is 4. The second-order valence-corrected chi connectivity index (χ2v) is 7.43. The summed E-state index contributed by atoms with van der Waals surface area (Å²) in [7, 11) is 0. The minimum atomic E-state index is -0.571. The lowest BCUT2D eigenvalue weighted by Gasteiger charge is -2.35. The molecule has 5 heteroatoms. The second-order valence-electron chi connectivity index (χ2n) is 7.43. The summed E-state index contributed by atoms with van der Waals surface area (Å²) >= 11 is 0. The summed E-state index contributed by atoms with van der Waals surface area (Å²) in [6.07, 6.45) is -0.571. The quantitative estimate of drug-likeness (QED) is 0.703. The number of ether oxygens (including phenoxy) is 1. The maximum absolute atomic E-state index is 12.5. The van der Waals surface area contributed by atoms with Crippen LogP contribution in [0, 0.1) is 0 Å². The number of nitrogens with zero attached hydrogens (tertiary/aromatic N) is 2. The van der Waals surface area contributed by atoms with Crippen molar-refractivity contribution in [3.05, 3.63) is 78.4 Å². The molecule has 0 saturated carbocycles. The van der Waals surface area contributed by atoms with Crippen LogP contribution in [-0.4, -0.2) is 66.2 Å². The minimum absolute atomic E-state index is 0.0745. The highest BCUT2D eigenvalue weighted by Crippen LogP contribution is 2.20. The summed E-state index contributed by atoms with van der Waals surface area (Å²) in [5.74, 6) is 0.839. The number of rotatable bonds is 6. The Bertz CT molecular complexity index is 953. The van der Waals surface area contributed by atoms with Crippen LogP contribution in [-0.2, 0) is 0 Å². The molecule has 0 unspecified atom stereocenters. The van der Waals surface area contributed by atoms with E-state index in [1.807, 2.05) is 65.6 Å². The molecule has 0 bridgehead atoms. The highest BCUT2D eigenvalue weighted by Gasteiger charge is 2.23. The molecule has 3 aromatic carbocycles. The number of aliphatic hydroxyl groups excluding tert-OH is 1. The molecule has 0 spiro atoms. The summed E-state index contributed by atoms with van der Waals surface area (Å²) in [5, 5.41) is 12.7. The fourth-order valence-corrected chi connectivity index (χ4v) is 3.70. The van der Waals surface area contributed by atoms with Gasteiger partial charge in [-0.3, -0.25) is 9.69 Å². The average Bonchev–Trinajstić information content (AvgIpc) is 2.78. The van der Waals surface area contributed by atoms with Gasteiger partial charge in [-0.25, -0.2) is 0 Å². The molecule has 1 aliphatic rings. The molecule has 1 saturated heterocycles. The molecule has 29 heavy (non-hydrogen) atoms. The van der Waals surface area contributed by atoms with Gasteiger partial charge in [0.25, 0.3) is 5.91 Å². The van der Waals surface area contributed by atoms with Gasteiger partial charge in [0, 0.05) is 38.3 Å². The van der Waals surface area contributed by atoms with Gasteiger partial charge in [0.05, 0.1) is 0 Å². The van der Waals surface area contributed by atoms with Crippen LogP contribution in [0.1, 0.15) is 10.4 Å². The number of aliphatic hydroxyl groups is 1. The lowest BCUT2D eigenvalue weighted by atomic mass is 10.1. The summed E-state index contributed by atoms with van der Waals surface area (Å²) in [6.45, 7) is 3.65. The smallest absolute Gasteiger partial charge is 0.253 e. The SMILES string of the molecule is O=C(c1ccccc1)N1CCN(C[C@H](O)COc2ccc3ccccc3c2)CC1. The number of amides is 1. The molecule has 1 N–H and O–H groups in total. The van der Waals surface area contributed by atoms with Crippen molar-refractivity contribution in [2.45, 2.75) is 6.10 Å². The van der Waals surface area contributed by atoms with Gasteiger partial charge >= 0.3 is 0 Å². The third kappa shape index (κ3) is 4.94. The topological polar surface area (TPSA) is 53.0 Å². The summed E-state index contributed by atoms with van der Waals surface area (Å²) in [4.78, 5) is 16.6. The zero-order chi connectivity index (χ0) is 20.1. The first-order valence-corrected chi connectivity index (χ1v) is 10.1. The van der Waals surface area contributed by atoms with Crippen molar-refractivity contribution in [1.82, 2.24) is 9.80 Å². The van der Waals surface area contributed by atoms with E-state index in [0.29, 0.717) is 19.6 Å². The van der Waals surface area contributed by atoms with E-state index < -0.39 is 6.10 Å². The van der Waals surface area contributed by atoms with E-state index >= 15 is 0 Å². The largest absolute Gasteiger partial charge is 0.491 e. The molecule has 1 heterocycles. The van der Waals surface area contributed by atoms with Crippen molar-refractivity contribution >= 4 is 16.7 Å². The summed E-state index contributed by atoms with van der Waals surface area (Å²) in [6, 6.07) is 23.5. The highest BCUT2D eigenvalue weighted by atomic mass is 16.5. The van der Waals surface area contributed by atoms with Gasteiger partial charge in [0.2, 0.25) is 0 Å². The lowest BCUT2D eigenvalue weighted by Crippen LogP contribution is -2.50. The van der Waals surface area contributed by atoms with Gasteiger partial charge in [-0.1, -0.05) is 48.5 Å². The maximum Gasteiger partial charge on any atom is 0.253 e. The molecule has 150 valence electrons. The van der Waals surface area contributed by atoms with Crippen LogP contribution in [0.4, 0.5) is 0 Å². The molecular weight excluding hydrogens is 364 g/mol. The Morgan fingerprint density at radius 3 is 2.34 bits per heavy atom. The van der Waals surface area contributed by atoms with Crippen molar-refractivity contribution in [2.24, 2.45) is 0 Å². The first-order chi connectivity index (χ1) is 14.2. The molecule has 0 aliphatic carbocycles. The molecular formula is C24H26N2O3. The monoisotopic (exact) mass is 390 g/mol. The van der Waals surface area contributed by atoms with Crippen LogP contribution in [0.15, 0.2) is 72.8 Å². The highest BCUT2D eigenvalue weighted by molar-refractivity contribution is 5.94. The van der Waals surface area contributed by atoms with E-state index in [1.165, 1.54) is 5.39 Å². The zero-order valence-corrected chi connectivity index (χ0v) is 16.4. The van der Waals surface area contributed by atoms with Crippen LogP contribution >= 0.6 is 0 Å². The average molecular weight is 390 g/mol. The van der Waals surface area contributed by atoms with Crippen molar-refractivity contribution in [3.63, 3.8) is 0 Å². The number of hydrogen-bond donors (Lipinski definition) is 1. The Hall–Kier alpha value is -2.89. The van der Waals surface area contributed by atoms with E-state index in [9.17, 15) is 9.90 Å². The van der Waals surface area contributed by atoms with Crippen LogP contribution in [0.5, 0.6) is 5.75 Å². The molecule has 3 aromatic rings. The normalized spacial score (nSPS) is 16.0. The molecule has 0 aromatic heterocycles. The number of β-amino-alcohol motifs (C(OH)–C–C–N with tert-alkyl or cyclic N) is 1. The fourth-order valence-electron chi connectivity index (χ4n) is 3.70. The van der Waals surface area contributed by atoms with E-state index in [4.69, 9.17) is 4.74 Å². The van der Waals surface area contributed by atoms with Crippen LogP contribution < -0.4 is 4.74 Å². The molecule has 5 nitrogen and oxygen atoms in total. The van der Waals surface area contributed by atoms with Gasteiger partial charge in [-0.05, 0) is 35.0 Å². The number of fused-ring (bicyclic) bond motifs is 1. The Morgan fingerprint density at radius 2 is 1.59 bits per heavy atom. The van der Waals surface area contributed by atoms with E-state index in [0.717, 1.165) is 29.8 Å². The molecule has 1 aliphatic heterocycles. The third-order valence-electron chi connectivity index (χ3n) is 5.31. The Kier molecular flexibility index (Phi) is 6.08. The van der Waals surface area contributed by atoms with Crippen LogP contribution in [0.3, 0.4) is 0 Å². The van der Waals surface area contributed by atoms with E-state index in [2.05, 4.69) is 17.0 Å². The number of piperazine rings is 1. The van der Waals surface area contributed by atoms with Gasteiger partial charge in [-0.2, -0.15) is 0 Å². The summed E-state index contributed by atoms with van der Waals surface area (Å²) < 4.78 is 5.79. The second kappa shape index (κ2) is 9.07. The standard InChI is InChI=1S/C24H26N2O3/c27-22(18-29-23-11-10-19-6-4-5-9-21(19)16-23)17-25-12-14-26(15-13-25)24(28)20-7-2-1-3-8-20/h1-11,16,22,27H,12-15,17-18H2/t22-/m0/s1. The Labute approximate surface area is 171 Å². The number of benzene rings is 3. The maximum atomic E-state index is 12.5. The van der Waals surface area contributed by atoms with Gasteiger partial charge in [0.1, 0.15) is 18.5 Å². The van der Waals surface area contributed by atoms with Crippen molar-refractivity contribution < 1.29 is 14.6 Å². The van der Waals surface area contributed by atoms with Crippen molar-refractivity contribution in [3.8, 4) is 5.75 Å². The molecule has 0 radical (unpaired) electrons. The first-order valence-electron chi connectivity index (χ1n) is 10.1. The zero-order valence-electron chi connectivity index (χ0n) is 16.4. The van der Waals surface area contributed by atoms with Gasteiger partial charge in [-0.15, -0.1) is 0 Å². The summed E-state index contributed by atoms with van der Waals surface area (Å²) in [5.41, 5.74) is 0.727. The number of carbonyl (C=O) groups excluding carboxylic acids is 1. The van der Waals surface area contributed by atoms with Gasteiger partial charge < -0.3 is 14.7 Å². The molecule has 1 fully saturated rings. The van der Waals surface area contributed by atoms with Crippen LogP contribution in [0.2, 0.25) is 0 Å². The predicted molar refractivity (Wildman–Crippen MR) is 114 cm³/mol. The van der Waals surface area contributed by atoms with E-state index in [-0.39, 0.29) is 12.5 Å². The predicted octanol–water partition coefficient (Wildman–Crippen LogP) is 3.04. The Morgan fingerprint density at radius 1 is 0.897 bits per heavy atom. The lowest BCUT2D eigenvalue weighted by molar-refractivity contribution is 0.0404.